The number of aryl methyl sites for hydroxylation is 1. The number of nitrogens with one attached hydrogen (secondary N) is 1. The number of rotatable bonds is 6. The summed E-state index contributed by atoms with van der Waals surface area (Å²) >= 11 is 1.14. The fraction of sp³-hybridized carbons (Fsp3) is 0.130. The minimum atomic E-state index is -4.48. The quantitative estimate of drug-likeness (QED) is 0.384. The highest BCUT2D eigenvalue weighted by molar-refractivity contribution is 7.99. The van der Waals surface area contributed by atoms with Crippen LogP contribution in [-0.4, -0.2) is 31.4 Å². The Morgan fingerprint density at radius 2 is 1.79 bits per heavy atom. The summed E-state index contributed by atoms with van der Waals surface area (Å²) in [5.41, 5.74) is 1.93. The molecule has 0 aliphatic heterocycles. The van der Waals surface area contributed by atoms with Crippen LogP contribution in [0.4, 0.5) is 18.9 Å². The molecule has 0 spiro atoms. The Bertz CT molecular complexity index is 1270. The topological polar surface area (TPSA) is 72.7 Å². The third kappa shape index (κ3) is 5.40. The molecule has 6 nitrogen and oxygen atoms in total. The summed E-state index contributed by atoms with van der Waals surface area (Å²) in [5.74, 6) is 0.0728. The van der Waals surface area contributed by atoms with Crippen molar-refractivity contribution in [2.45, 2.75) is 18.3 Å². The zero-order valence-corrected chi connectivity index (χ0v) is 18.2. The maximum Gasteiger partial charge on any atom is 0.416 e. The molecule has 1 N–H and O–H groups in total. The number of carbonyl (C=O) groups is 1. The predicted octanol–water partition coefficient (Wildman–Crippen LogP) is 5.39. The van der Waals surface area contributed by atoms with E-state index in [1.807, 2.05) is 47.9 Å². The molecule has 0 saturated carbocycles. The Kier molecular flexibility index (Phi) is 6.45. The van der Waals surface area contributed by atoms with Crippen LogP contribution in [0, 0.1) is 6.92 Å². The molecule has 2 heterocycles. The summed E-state index contributed by atoms with van der Waals surface area (Å²) in [7, 11) is 0. The van der Waals surface area contributed by atoms with Crippen molar-refractivity contribution in [3.63, 3.8) is 0 Å². The molecule has 1 amide bonds. The lowest BCUT2D eigenvalue weighted by atomic mass is 10.2. The minimum Gasteiger partial charge on any atom is -0.325 e. The van der Waals surface area contributed by atoms with E-state index in [-0.39, 0.29) is 11.4 Å². The number of carbonyl (C=O) groups excluding carboxylic acids is 1. The molecule has 0 aliphatic carbocycles. The van der Waals surface area contributed by atoms with Gasteiger partial charge >= 0.3 is 6.18 Å². The SMILES string of the molecule is Cc1cccc(-n2c(SCC(=O)Nc3cccc(C(F)(F)F)c3)nnc2-c2ccncc2)c1. The lowest BCUT2D eigenvalue weighted by Crippen LogP contribution is -2.15. The van der Waals surface area contributed by atoms with Gasteiger partial charge in [0.15, 0.2) is 11.0 Å². The summed E-state index contributed by atoms with van der Waals surface area (Å²) in [4.78, 5) is 16.5. The van der Waals surface area contributed by atoms with Crippen molar-refractivity contribution in [3.05, 3.63) is 84.2 Å². The smallest absolute Gasteiger partial charge is 0.325 e. The van der Waals surface area contributed by atoms with Crippen molar-refractivity contribution in [2.75, 3.05) is 11.1 Å². The maximum atomic E-state index is 12.9. The molecule has 0 saturated heterocycles. The minimum absolute atomic E-state index is 0.0590. The Hall–Kier alpha value is -3.66. The van der Waals surface area contributed by atoms with Crippen LogP contribution in [0.25, 0.3) is 17.1 Å². The summed E-state index contributed by atoms with van der Waals surface area (Å²) in [6.45, 7) is 1.97. The van der Waals surface area contributed by atoms with Crippen LogP contribution in [0.2, 0.25) is 0 Å². The zero-order chi connectivity index (χ0) is 23.4. The number of aromatic nitrogens is 4. The Morgan fingerprint density at radius 3 is 2.52 bits per heavy atom. The third-order valence-corrected chi connectivity index (χ3v) is 5.57. The molecule has 0 aliphatic rings. The first-order valence-electron chi connectivity index (χ1n) is 9.84. The summed E-state index contributed by atoms with van der Waals surface area (Å²) in [5, 5.41) is 11.5. The van der Waals surface area contributed by atoms with Gasteiger partial charge in [0.05, 0.1) is 11.3 Å². The third-order valence-electron chi connectivity index (χ3n) is 4.64. The zero-order valence-electron chi connectivity index (χ0n) is 17.4. The number of amides is 1. The molecular weight excluding hydrogens is 451 g/mol. The van der Waals surface area contributed by atoms with Crippen molar-refractivity contribution in [3.8, 4) is 17.1 Å². The van der Waals surface area contributed by atoms with Gasteiger partial charge in [-0.1, -0.05) is 30.0 Å². The van der Waals surface area contributed by atoms with Crippen LogP contribution in [-0.2, 0) is 11.0 Å². The second kappa shape index (κ2) is 9.45. The number of hydrogen-bond acceptors (Lipinski definition) is 5. The van der Waals surface area contributed by atoms with E-state index >= 15 is 0 Å². The molecule has 0 bridgehead atoms. The van der Waals surface area contributed by atoms with Crippen LogP contribution in [0.5, 0.6) is 0 Å². The summed E-state index contributed by atoms with van der Waals surface area (Å²) in [6.07, 6.45) is -1.18. The van der Waals surface area contributed by atoms with E-state index in [1.165, 1.54) is 12.1 Å². The van der Waals surface area contributed by atoms with E-state index in [0.29, 0.717) is 11.0 Å². The standard InChI is InChI=1S/C23H18F3N5OS/c1-15-4-2-7-19(12-15)31-21(16-8-10-27-11-9-16)29-30-22(31)33-14-20(32)28-18-6-3-5-17(13-18)23(24,25)26/h2-13H,14H2,1H3,(H,28,32). The lowest BCUT2D eigenvalue weighted by Gasteiger charge is -2.12. The van der Waals surface area contributed by atoms with Crippen LogP contribution >= 0.6 is 11.8 Å². The first-order valence-corrected chi connectivity index (χ1v) is 10.8. The molecule has 4 rings (SSSR count). The van der Waals surface area contributed by atoms with E-state index in [2.05, 4.69) is 20.5 Å². The van der Waals surface area contributed by atoms with Crippen molar-refractivity contribution in [1.29, 1.82) is 0 Å². The normalized spacial score (nSPS) is 11.4. The summed E-state index contributed by atoms with van der Waals surface area (Å²) < 4.78 is 40.6. The van der Waals surface area contributed by atoms with E-state index in [4.69, 9.17) is 0 Å². The molecule has 4 aromatic rings. The van der Waals surface area contributed by atoms with Crippen molar-refractivity contribution >= 4 is 23.4 Å². The van der Waals surface area contributed by atoms with Crippen LogP contribution in [0.1, 0.15) is 11.1 Å². The van der Waals surface area contributed by atoms with Gasteiger partial charge in [-0.15, -0.1) is 10.2 Å². The molecule has 0 radical (unpaired) electrons. The number of pyridine rings is 1. The maximum absolute atomic E-state index is 12.9. The highest BCUT2D eigenvalue weighted by Gasteiger charge is 2.30. The van der Waals surface area contributed by atoms with E-state index in [9.17, 15) is 18.0 Å². The summed E-state index contributed by atoms with van der Waals surface area (Å²) in [6, 6.07) is 15.9. The van der Waals surface area contributed by atoms with Gasteiger partial charge in [-0.25, -0.2) is 0 Å². The Morgan fingerprint density at radius 1 is 1.03 bits per heavy atom. The molecule has 0 atom stereocenters. The van der Waals surface area contributed by atoms with Gasteiger partial charge in [-0.3, -0.25) is 14.3 Å². The van der Waals surface area contributed by atoms with Gasteiger partial charge in [-0.2, -0.15) is 13.2 Å². The Labute approximate surface area is 191 Å². The second-order valence-corrected chi connectivity index (χ2v) is 8.07. The fourth-order valence-corrected chi connectivity index (χ4v) is 3.90. The van der Waals surface area contributed by atoms with E-state index in [0.717, 1.165) is 40.7 Å². The molecule has 2 aromatic heterocycles. The van der Waals surface area contributed by atoms with Crippen molar-refractivity contribution < 1.29 is 18.0 Å². The van der Waals surface area contributed by atoms with E-state index in [1.54, 1.807) is 12.4 Å². The Balaban J connectivity index is 1.56. The monoisotopic (exact) mass is 469 g/mol. The second-order valence-electron chi connectivity index (χ2n) is 7.13. The van der Waals surface area contributed by atoms with Gasteiger partial charge in [0, 0.05) is 29.3 Å². The van der Waals surface area contributed by atoms with Crippen molar-refractivity contribution in [2.24, 2.45) is 0 Å². The number of alkyl halides is 3. The van der Waals surface area contributed by atoms with Gasteiger partial charge < -0.3 is 5.32 Å². The number of hydrogen-bond donors (Lipinski definition) is 1. The lowest BCUT2D eigenvalue weighted by molar-refractivity contribution is -0.137. The van der Waals surface area contributed by atoms with Crippen molar-refractivity contribution in [1.82, 2.24) is 19.7 Å². The highest BCUT2D eigenvalue weighted by atomic mass is 32.2. The fourth-order valence-electron chi connectivity index (χ4n) is 3.15. The number of benzene rings is 2. The number of halogens is 3. The average Bonchev–Trinajstić information content (AvgIpc) is 3.22. The van der Waals surface area contributed by atoms with Gasteiger partial charge in [0.25, 0.3) is 0 Å². The largest absolute Gasteiger partial charge is 0.416 e. The van der Waals surface area contributed by atoms with Gasteiger partial charge in [-0.05, 0) is 55.0 Å². The van der Waals surface area contributed by atoms with Gasteiger partial charge in [0.1, 0.15) is 0 Å². The molecule has 2 aromatic carbocycles. The highest BCUT2D eigenvalue weighted by Crippen LogP contribution is 2.31. The van der Waals surface area contributed by atoms with Crippen LogP contribution in [0.3, 0.4) is 0 Å². The number of thioether (sulfide) groups is 1. The van der Waals surface area contributed by atoms with Crippen LogP contribution < -0.4 is 5.32 Å². The average molecular weight is 469 g/mol. The first-order chi connectivity index (χ1) is 15.8. The van der Waals surface area contributed by atoms with E-state index < -0.39 is 17.6 Å². The molecule has 168 valence electrons. The number of nitrogens with zero attached hydrogens (tertiary/aromatic N) is 4. The predicted molar refractivity (Wildman–Crippen MR) is 120 cm³/mol. The van der Waals surface area contributed by atoms with Gasteiger partial charge in [0.2, 0.25) is 5.91 Å². The molecule has 33 heavy (non-hydrogen) atoms. The molecule has 10 heteroatoms. The molecular formula is C23H18F3N5OS. The van der Waals surface area contributed by atoms with Crippen LogP contribution in [0.15, 0.2) is 78.2 Å². The first kappa shape index (κ1) is 22.5. The number of anilines is 1. The molecule has 0 fully saturated rings. The molecule has 0 unspecified atom stereocenters.